The van der Waals surface area contributed by atoms with Gasteiger partial charge in [0.05, 0.1) is 0 Å². The first-order chi connectivity index (χ1) is 7.99. The van der Waals surface area contributed by atoms with Crippen LogP contribution >= 0.6 is 31.9 Å². The van der Waals surface area contributed by atoms with Gasteiger partial charge < -0.3 is 5.73 Å². The predicted molar refractivity (Wildman–Crippen MR) is 76.8 cm³/mol. The zero-order valence-corrected chi connectivity index (χ0v) is 12.6. The van der Waals surface area contributed by atoms with Crippen LogP contribution in [-0.4, -0.2) is 9.97 Å². The summed E-state index contributed by atoms with van der Waals surface area (Å²) in [6, 6.07) is 5.88. The Bertz CT molecular complexity index is 559. The van der Waals surface area contributed by atoms with Crippen molar-refractivity contribution < 1.29 is 0 Å². The Morgan fingerprint density at radius 3 is 2.35 bits per heavy atom. The molecule has 0 spiro atoms. The van der Waals surface area contributed by atoms with Gasteiger partial charge in [0.2, 0.25) is 0 Å². The summed E-state index contributed by atoms with van der Waals surface area (Å²) in [7, 11) is 0. The first-order valence-electron chi connectivity index (χ1n) is 5.05. The van der Waals surface area contributed by atoms with Gasteiger partial charge >= 0.3 is 0 Å². The smallest absolute Gasteiger partial charge is 0.161 e. The zero-order valence-electron chi connectivity index (χ0n) is 9.46. The Balaban J connectivity index is 2.57. The summed E-state index contributed by atoms with van der Waals surface area (Å²) in [6.07, 6.45) is 0. The summed E-state index contributed by atoms with van der Waals surface area (Å²) in [6.45, 7) is 3.86. The third kappa shape index (κ3) is 2.50. The number of nitrogens with zero attached hydrogens (tertiary/aromatic N) is 2. The Hall–Kier alpha value is -0.940. The molecule has 17 heavy (non-hydrogen) atoms. The molecule has 0 aliphatic heterocycles. The van der Waals surface area contributed by atoms with Crippen molar-refractivity contribution in [3.8, 4) is 11.4 Å². The number of aryl methyl sites for hydroxylation is 1. The highest BCUT2D eigenvalue weighted by molar-refractivity contribution is 9.13. The molecular weight excluding hydrogens is 346 g/mol. The van der Waals surface area contributed by atoms with E-state index in [1.54, 1.807) is 0 Å². The van der Waals surface area contributed by atoms with Crippen LogP contribution in [0.4, 0.5) is 5.82 Å². The summed E-state index contributed by atoms with van der Waals surface area (Å²) < 4.78 is 1.97. The highest BCUT2D eigenvalue weighted by atomic mass is 79.9. The first kappa shape index (κ1) is 12.5. The molecule has 0 saturated carbocycles. The maximum atomic E-state index is 5.85. The molecule has 2 aromatic rings. The molecule has 1 aromatic heterocycles. The van der Waals surface area contributed by atoms with E-state index in [1.165, 1.54) is 0 Å². The van der Waals surface area contributed by atoms with Crippen molar-refractivity contribution in [3.63, 3.8) is 0 Å². The Labute approximate surface area is 117 Å². The summed E-state index contributed by atoms with van der Waals surface area (Å²) in [5, 5.41) is 0. The molecule has 2 rings (SSSR count). The maximum Gasteiger partial charge on any atom is 0.161 e. The van der Waals surface area contributed by atoms with Crippen LogP contribution in [0.15, 0.2) is 27.1 Å². The summed E-state index contributed by atoms with van der Waals surface area (Å²) >= 11 is 6.89. The quantitative estimate of drug-likeness (QED) is 0.843. The van der Waals surface area contributed by atoms with Gasteiger partial charge in [0.25, 0.3) is 0 Å². The summed E-state index contributed by atoms with van der Waals surface area (Å²) in [5.74, 6) is 1.19. The van der Waals surface area contributed by atoms with Crippen LogP contribution in [0.25, 0.3) is 11.4 Å². The molecule has 0 fully saturated rings. The predicted octanol–water partition coefficient (Wildman–Crippen LogP) is 3.87. The largest absolute Gasteiger partial charge is 0.383 e. The fraction of sp³-hybridized carbons (Fsp3) is 0.167. The molecule has 3 nitrogen and oxygen atoms in total. The van der Waals surface area contributed by atoms with Gasteiger partial charge in [-0.1, -0.05) is 0 Å². The highest BCUT2D eigenvalue weighted by Gasteiger charge is 2.08. The fourth-order valence-electron chi connectivity index (χ4n) is 1.42. The summed E-state index contributed by atoms with van der Waals surface area (Å²) in [5.41, 5.74) is 8.64. The Morgan fingerprint density at radius 1 is 1.06 bits per heavy atom. The Kier molecular flexibility index (Phi) is 3.49. The van der Waals surface area contributed by atoms with E-state index in [0.717, 1.165) is 25.8 Å². The third-order valence-corrected chi connectivity index (χ3v) is 4.48. The number of nitrogens with two attached hydrogens (primary N) is 1. The minimum atomic E-state index is 0.534. The molecule has 0 radical (unpaired) electrons. The van der Waals surface area contributed by atoms with E-state index in [1.807, 2.05) is 32.0 Å². The second-order valence-electron chi connectivity index (χ2n) is 3.77. The molecule has 0 atom stereocenters. The minimum absolute atomic E-state index is 0.534. The number of hydrogen-bond acceptors (Lipinski definition) is 3. The number of rotatable bonds is 1. The van der Waals surface area contributed by atoms with Gasteiger partial charge in [0, 0.05) is 25.8 Å². The number of anilines is 1. The van der Waals surface area contributed by atoms with E-state index >= 15 is 0 Å². The molecule has 0 bridgehead atoms. The van der Waals surface area contributed by atoms with Gasteiger partial charge in [-0.3, -0.25) is 0 Å². The van der Waals surface area contributed by atoms with E-state index in [2.05, 4.69) is 41.8 Å². The molecule has 5 heteroatoms. The molecule has 2 N–H and O–H groups in total. The minimum Gasteiger partial charge on any atom is -0.383 e. The highest BCUT2D eigenvalue weighted by Crippen LogP contribution is 2.28. The molecule has 0 saturated heterocycles. The van der Waals surface area contributed by atoms with Crippen molar-refractivity contribution in [3.05, 3.63) is 38.4 Å². The topological polar surface area (TPSA) is 51.8 Å². The van der Waals surface area contributed by atoms with E-state index in [9.17, 15) is 0 Å². The lowest BCUT2D eigenvalue weighted by molar-refractivity contribution is 1.08. The van der Waals surface area contributed by atoms with E-state index in [0.29, 0.717) is 11.6 Å². The van der Waals surface area contributed by atoms with Crippen molar-refractivity contribution in [1.82, 2.24) is 9.97 Å². The van der Waals surface area contributed by atoms with E-state index < -0.39 is 0 Å². The van der Waals surface area contributed by atoms with Gasteiger partial charge in [0.15, 0.2) is 5.82 Å². The monoisotopic (exact) mass is 355 g/mol. The fourth-order valence-corrected chi connectivity index (χ4v) is 2.04. The molecular formula is C12H11Br2N3. The van der Waals surface area contributed by atoms with Crippen LogP contribution in [0, 0.1) is 13.8 Å². The maximum absolute atomic E-state index is 5.85. The van der Waals surface area contributed by atoms with Crippen LogP contribution in [0.5, 0.6) is 0 Å². The van der Waals surface area contributed by atoms with Crippen LogP contribution in [0.1, 0.15) is 11.3 Å². The van der Waals surface area contributed by atoms with E-state index in [4.69, 9.17) is 5.73 Å². The lowest BCUT2D eigenvalue weighted by Gasteiger charge is -2.07. The van der Waals surface area contributed by atoms with Gasteiger partial charge in [-0.15, -0.1) is 0 Å². The van der Waals surface area contributed by atoms with Crippen LogP contribution in [0.3, 0.4) is 0 Å². The molecule has 0 aliphatic rings. The van der Waals surface area contributed by atoms with Crippen molar-refractivity contribution >= 4 is 37.7 Å². The van der Waals surface area contributed by atoms with Crippen LogP contribution in [0.2, 0.25) is 0 Å². The van der Waals surface area contributed by atoms with Crippen molar-refractivity contribution in [2.75, 3.05) is 5.73 Å². The molecule has 0 aliphatic carbocycles. The number of hydrogen-bond donors (Lipinski definition) is 1. The van der Waals surface area contributed by atoms with Gasteiger partial charge in [-0.2, -0.15) is 0 Å². The first-order valence-corrected chi connectivity index (χ1v) is 6.64. The normalized spacial score (nSPS) is 10.6. The summed E-state index contributed by atoms with van der Waals surface area (Å²) in [4.78, 5) is 8.75. The third-order valence-electron chi connectivity index (χ3n) is 2.60. The number of benzene rings is 1. The number of halogens is 2. The molecule has 1 heterocycles. The number of nitrogen functional groups attached to an aromatic ring is 1. The van der Waals surface area contributed by atoms with Gasteiger partial charge in [-0.25, -0.2) is 9.97 Å². The van der Waals surface area contributed by atoms with Crippen LogP contribution < -0.4 is 5.73 Å². The standard InChI is InChI=1S/C12H11Br2N3/c1-6-7(2)16-12(17-11(6)15)8-3-4-9(13)10(14)5-8/h3-5H,1-2H3,(H2,15,16,17). The number of aromatic nitrogens is 2. The second-order valence-corrected chi connectivity index (χ2v) is 5.48. The average molecular weight is 357 g/mol. The average Bonchev–Trinajstić information content (AvgIpc) is 2.29. The van der Waals surface area contributed by atoms with Crippen molar-refractivity contribution in [2.24, 2.45) is 0 Å². The Morgan fingerprint density at radius 2 is 1.76 bits per heavy atom. The molecule has 0 unspecified atom stereocenters. The van der Waals surface area contributed by atoms with Gasteiger partial charge in [0.1, 0.15) is 5.82 Å². The molecule has 88 valence electrons. The SMILES string of the molecule is Cc1nc(-c2ccc(Br)c(Br)c2)nc(N)c1C. The second kappa shape index (κ2) is 4.74. The van der Waals surface area contributed by atoms with Crippen molar-refractivity contribution in [2.45, 2.75) is 13.8 Å². The molecule has 1 aromatic carbocycles. The lowest BCUT2D eigenvalue weighted by atomic mass is 10.2. The van der Waals surface area contributed by atoms with Gasteiger partial charge in [-0.05, 0) is 63.9 Å². The van der Waals surface area contributed by atoms with Crippen LogP contribution in [-0.2, 0) is 0 Å². The molecule has 0 amide bonds. The van der Waals surface area contributed by atoms with Crippen molar-refractivity contribution in [1.29, 1.82) is 0 Å². The lowest BCUT2D eigenvalue weighted by Crippen LogP contribution is -2.02. The zero-order chi connectivity index (χ0) is 12.6. The van der Waals surface area contributed by atoms with E-state index in [-0.39, 0.29) is 0 Å².